The fourth-order valence-electron chi connectivity index (χ4n) is 1.49. The van der Waals surface area contributed by atoms with Gasteiger partial charge in [0.05, 0.1) is 35.2 Å². The molecule has 100 valence electrons. The van der Waals surface area contributed by atoms with Gasteiger partial charge in [-0.1, -0.05) is 81.2 Å². The zero-order chi connectivity index (χ0) is 14.3. The number of halogens is 7. The highest BCUT2D eigenvalue weighted by Crippen LogP contribution is 2.44. The molecule has 2 aromatic carbocycles. The van der Waals surface area contributed by atoms with Crippen molar-refractivity contribution in [2.75, 3.05) is 0 Å². The quantitative estimate of drug-likeness (QED) is 0.333. The summed E-state index contributed by atoms with van der Waals surface area (Å²) in [5.74, 6) is 0. The van der Waals surface area contributed by atoms with E-state index in [0.29, 0.717) is 21.2 Å². The van der Waals surface area contributed by atoms with E-state index in [4.69, 9.17) is 81.2 Å². The molecule has 0 fully saturated rings. The Kier molecular flexibility index (Phi) is 5.07. The molecule has 0 unspecified atom stereocenters. The first kappa shape index (κ1) is 15.9. The Hall–Kier alpha value is 0.470. The molecule has 0 nitrogen and oxygen atoms in total. The molecule has 0 bridgehead atoms. The molecule has 7 heteroatoms. The minimum absolute atomic E-state index is 0.174. The fraction of sp³-hybridized carbons (Fsp3) is 0. The van der Waals surface area contributed by atoms with Crippen molar-refractivity contribution >= 4 is 81.2 Å². The van der Waals surface area contributed by atoms with Gasteiger partial charge in [-0.2, -0.15) is 0 Å². The second-order valence-corrected chi connectivity index (χ2v) is 6.34. The van der Waals surface area contributed by atoms with E-state index in [-0.39, 0.29) is 25.1 Å². The lowest BCUT2D eigenvalue weighted by atomic mass is 11.0. The van der Waals surface area contributed by atoms with Gasteiger partial charge in [-0.25, -0.2) is 0 Å². The molecule has 0 aliphatic rings. The summed E-state index contributed by atoms with van der Waals surface area (Å²) in [7, 11) is 0. The van der Waals surface area contributed by atoms with Gasteiger partial charge in [0.1, 0.15) is 0 Å². The van der Waals surface area contributed by atoms with Crippen LogP contribution in [0.4, 0.5) is 0 Å². The molecule has 0 spiro atoms. The largest absolute Gasteiger partial charge is 0.0826 e. The predicted octanol–water partition coefficient (Wildman–Crippen LogP) is 7.93. The molecule has 19 heavy (non-hydrogen) atoms. The summed E-state index contributed by atoms with van der Waals surface area (Å²) in [4.78, 5) is 0. The molecular weight excluding hydrogens is 404 g/mol. The van der Waals surface area contributed by atoms with Crippen LogP contribution in [0.1, 0.15) is 0 Å². The van der Waals surface area contributed by atoms with Gasteiger partial charge in [-0.3, -0.25) is 0 Å². The van der Waals surface area contributed by atoms with Crippen LogP contribution >= 0.6 is 81.2 Å². The SMILES string of the molecule is Cl[13c]1[13cH][13c](-[13c]2[13cH][13c](Cl)[13c](Cl)[13c](Cl)[13c]2Cl)[13cH][13c](Cl)[13c]1Cl. The third-order valence-electron chi connectivity index (χ3n) is 2.40. The second kappa shape index (κ2) is 6.07. The molecule has 0 N–H and O–H groups in total. The minimum Gasteiger partial charge on any atom is -0.0826 e. The summed E-state index contributed by atoms with van der Waals surface area (Å²) in [6.45, 7) is 0. The monoisotopic (exact) mass is 404 g/mol. The van der Waals surface area contributed by atoms with Crippen LogP contribution < -0.4 is 0 Å². The van der Waals surface area contributed by atoms with Crippen LogP contribution in [0.5, 0.6) is 0 Å². The summed E-state index contributed by atoms with van der Waals surface area (Å²) >= 11 is 41.9. The number of hydrogen-bond acceptors (Lipinski definition) is 0. The van der Waals surface area contributed by atoms with Crippen LogP contribution in [0, 0.1) is 0 Å². The Morgan fingerprint density at radius 3 is 1.47 bits per heavy atom. The van der Waals surface area contributed by atoms with E-state index in [1.807, 2.05) is 0 Å². The van der Waals surface area contributed by atoms with Gasteiger partial charge in [-0.15, -0.1) is 0 Å². The summed E-state index contributed by atoms with van der Waals surface area (Å²) in [6.07, 6.45) is 0. The Labute approximate surface area is 145 Å². The van der Waals surface area contributed by atoms with E-state index in [2.05, 4.69) is 0 Å². The molecule has 0 aliphatic heterocycles. The molecule has 0 saturated carbocycles. The van der Waals surface area contributed by atoms with Crippen LogP contribution in [0.15, 0.2) is 18.2 Å². The summed E-state index contributed by atoms with van der Waals surface area (Å²) in [6, 6.07) is 4.84. The number of benzene rings is 2. The van der Waals surface area contributed by atoms with E-state index >= 15 is 0 Å². The van der Waals surface area contributed by atoms with Crippen molar-refractivity contribution in [1.29, 1.82) is 0 Å². The summed E-state index contributed by atoms with van der Waals surface area (Å²) in [5, 5.41) is 1.81. The summed E-state index contributed by atoms with van der Waals surface area (Å²) < 4.78 is 0. The van der Waals surface area contributed by atoms with E-state index < -0.39 is 0 Å². The highest BCUT2D eigenvalue weighted by molar-refractivity contribution is 6.53. The molecule has 0 saturated heterocycles. The average Bonchev–Trinajstić information content (AvgIpc) is 2.37. The molecule has 2 rings (SSSR count). The van der Waals surface area contributed by atoms with Gasteiger partial charge in [0.15, 0.2) is 0 Å². The zero-order valence-corrected chi connectivity index (χ0v) is 14.2. The smallest absolute Gasteiger partial charge is 0.0800 e. The number of hydrogen-bond donors (Lipinski definition) is 0. The maximum absolute atomic E-state index is 6.16. The van der Waals surface area contributed by atoms with Crippen LogP contribution in [-0.2, 0) is 0 Å². The van der Waals surface area contributed by atoms with Gasteiger partial charge < -0.3 is 0 Å². The third-order valence-corrected chi connectivity index (χ3v) is 5.35. The van der Waals surface area contributed by atoms with Crippen molar-refractivity contribution in [3.05, 3.63) is 53.4 Å². The standard InChI is InChI=1S/C12H3Cl7/c13-6-1-4(2-7(14)10(6)17)5-3-8(15)11(18)12(19)9(5)16/h1-3H/i1+1,2+1,3+1,4+1,5+1,6+1,7+1,8+1,9+1,10+1,11+1,12+1. The molecular formula is C12H3Cl7. The summed E-state index contributed by atoms with van der Waals surface area (Å²) in [5.41, 5.74) is 1.21. The Morgan fingerprint density at radius 1 is 0.474 bits per heavy atom. The molecule has 0 atom stereocenters. The van der Waals surface area contributed by atoms with Gasteiger partial charge in [0.25, 0.3) is 0 Å². The predicted molar refractivity (Wildman–Crippen MR) is 86.9 cm³/mol. The van der Waals surface area contributed by atoms with Crippen molar-refractivity contribution in [3.8, 4) is 11.1 Å². The third kappa shape index (κ3) is 3.06. The van der Waals surface area contributed by atoms with Crippen LogP contribution in [0.3, 0.4) is 0 Å². The van der Waals surface area contributed by atoms with E-state index in [9.17, 15) is 0 Å². The topological polar surface area (TPSA) is 0 Å². The maximum atomic E-state index is 6.16. The van der Waals surface area contributed by atoms with Gasteiger partial charge in [0, 0.05) is 5.56 Å². The van der Waals surface area contributed by atoms with Gasteiger partial charge >= 0.3 is 0 Å². The van der Waals surface area contributed by atoms with E-state index in [0.717, 1.165) is 0 Å². The first-order valence-electron chi connectivity index (χ1n) is 4.80. The first-order valence-corrected chi connectivity index (χ1v) is 7.45. The van der Waals surface area contributed by atoms with E-state index in [1.54, 1.807) is 18.2 Å². The number of rotatable bonds is 1. The molecule has 2 aromatic rings. The zero-order valence-electron chi connectivity index (χ0n) is 8.88. The van der Waals surface area contributed by atoms with Crippen molar-refractivity contribution < 1.29 is 0 Å². The van der Waals surface area contributed by atoms with Crippen LogP contribution in [0.25, 0.3) is 11.1 Å². The van der Waals surface area contributed by atoms with Crippen LogP contribution in [0.2, 0.25) is 35.2 Å². The highest BCUT2D eigenvalue weighted by atomic mass is 35.5. The van der Waals surface area contributed by atoms with Crippen LogP contribution in [-0.4, -0.2) is 0 Å². The van der Waals surface area contributed by atoms with Crippen molar-refractivity contribution in [3.63, 3.8) is 0 Å². The Balaban J connectivity index is 2.73. The maximum Gasteiger partial charge on any atom is 0.0800 e. The van der Waals surface area contributed by atoms with Crippen molar-refractivity contribution in [2.45, 2.75) is 0 Å². The normalized spacial score (nSPS) is 10.9. The Morgan fingerprint density at radius 2 is 0.947 bits per heavy atom. The lowest BCUT2D eigenvalue weighted by Gasteiger charge is -2.11. The molecule has 0 heterocycles. The average molecular weight is 407 g/mol. The lowest BCUT2D eigenvalue weighted by molar-refractivity contribution is 1.61. The van der Waals surface area contributed by atoms with Crippen molar-refractivity contribution in [1.82, 2.24) is 0 Å². The molecule has 0 amide bonds. The Bertz CT molecular complexity index is 641. The lowest BCUT2D eigenvalue weighted by Crippen LogP contribution is -1.85. The minimum atomic E-state index is 0.174. The van der Waals surface area contributed by atoms with Gasteiger partial charge in [-0.05, 0) is 23.8 Å². The van der Waals surface area contributed by atoms with Gasteiger partial charge in [0.2, 0.25) is 0 Å². The molecule has 0 aromatic heterocycles. The second-order valence-electron chi connectivity index (χ2n) is 3.60. The van der Waals surface area contributed by atoms with Crippen molar-refractivity contribution in [2.24, 2.45) is 0 Å². The molecule has 0 aliphatic carbocycles. The highest BCUT2D eigenvalue weighted by Gasteiger charge is 2.16. The molecule has 0 radical (unpaired) electrons. The fourth-order valence-corrected chi connectivity index (χ4v) is 3.00. The first-order chi connectivity index (χ1) is 8.82. The van der Waals surface area contributed by atoms with E-state index in [1.165, 1.54) is 0 Å².